The molecule has 0 saturated carbocycles. The third-order valence-electron chi connectivity index (χ3n) is 2.25. The van der Waals surface area contributed by atoms with Crippen LogP contribution in [-0.2, 0) is 0 Å². The van der Waals surface area contributed by atoms with Gasteiger partial charge in [-0.2, -0.15) is 0 Å². The second-order valence-corrected chi connectivity index (χ2v) is 4.93. The fourth-order valence-corrected chi connectivity index (χ4v) is 2.02. The van der Waals surface area contributed by atoms with Gasteiger partial charge in [0.2, 0.25) is 0 Å². The lowest BCUT2D eigenvalue weighted by molar-refractivity contribution is 0.102. The van der Waals surface area contributed by atoms with Crippen LogP contribution in [0.15, 0.2) is 34.8 Å². The number of nitrogens with zero attached hydrogens (tertiary/aromatic N) is 1. The first kappa shape index (κ1) is 13.8. The van der Waals surface area contributed by atoms with Crippen molar-refractivity contribution in [3.8, 4) is 0 Å². The molecule has 3 N–H and O–H groups in total. The second-order valence-electron chi connectivity index (χ2n) is 3.69. The molecule has 98 valence electrons. The van der Waals surface area contributed by atoms with Crippen LogP contribution in [0.1, 0.15) is 10.4 Å². The molecule has 1 aromatic carbocycles. The average molecular weight is 345 g/mol. The molecule has 0 aliphatic heterocycles. The highest BCUT2D eigenvalue weighted by atomic mass is 79.9. The maximum Gasteiger partial charge on any atom is 0.255 e. The molecule has 19 heavy (non-hydrogen) atoms. The maximum absolute atomic E-state index is 13.1. The van der Waals surface area contributed by atoms with E-state index in [9.17, 15) is 9.18 Å². The maximum atomic E-state index is 13.1. The van der Waals surface area contributed by atoms with Gasteiger partial charge in [0, 0.05) is 11.3 Å². The normalized spacial score (nSPS) is 10.3. The third-order valence-corrected chi connectivity index (χ3v) is 3.05. The first-order valence-corrected chi connectivity index (χ1v) is 6.32. The molecule has 0 fully saturated rings. The SMILES string of the molecule is Nc1cc(C(=O)Nc2ccc(F)c(Br)c2)cc(Cl)n1. The van der Waals surface area contributed by atoms with E-state index in [2.05, 4.69) is 26.2 Å². The van der Waals surface area contributed by atoms with Gasteiger partial charge in [-0.15, -0.1) is 0 Å². The summed E-state index contributed by atoms with van der Waals surface area (Å²) in [6.07, 6.45) is 0. The van der Waals surface area contributed by atoms with Gasteiger partial charge in [-0.3, -0.25) is 4.79 Å². The number of carbonyl (C=O) groups excluding carboxylic acids is 1. The van der Waals surface area contributed by atoms with Crippen LogP contribution in [-0.4, -0.2) is 10.9 Å². The largest absolute Gasteiger partial charge is 0.384 e. The van der Waals surface area contributed by atoms with Gasteiger partial charge in [0.05, 0.1) is 4.47 Å². The molecule has 2 aromatic rings. The van der Waals surface area contributed by atoms with E-state index in [0.717, 1.165) is 0 Å². The van der Waals surface area contributed by atoms with Gasteiger partial charge in [-0.25, -0.2) is 9.37 Å². The van der Waals surface area contributed by atoms with Crippen molar-refractivity contribution in [1.82, 2.24) is 4.98 Å². The van der Waals surface area contributed by atoms with Crippen LogP contribution in [0.2, 0.25) is 5.15 Å². The minimum atomic E-state index is -0.408. The summed E-state index contributed by atoms with van der Waals surface area (Å²) in [5.41, 5.74) is 6.23. The minimum absolute atomic E-state index is 0.130. The second kappa shape index (κ2) is 5.54. The predicted molar refractivity (Wildman–Crippen MR) is 75.7 cm³/mol. The van der Waals surface area contributed by atoms with Gasteiger partial charge < -0.3 is 11.1 Å². The topological polar surface area (TPSA) is 68.0 Å². The van der Waals surface area contributed by atoms with Crippen LogP contribution < -0.4 is 11.1 Å². The summed E-state index contributed by atoms with van der Waals surface area (Å²) < 4.78 is 13.3. The number of hydrogen-bond acceptors (Lipinski definition) is 3. The highest BCUT2D eigenvalue weighted by Crippen LogP contribution is 2.21. The van der Waals surface area contributed by atoms with Gasteiger partial charge in [0.1, 0.15) is 16.8 Å². The summed E-state index contributed by atoms with van der Waals surface area (Å²) in [5.74, 6) is -0.665. The van der Waals surface area contributed by atoms with E-state index in [1.165, 1.54) is 30.3 Å². The quantitative estimate of drug-likeness (QED) is 0.820. The van der Waals surface area contributed by atoms with Crippen molar-refractivity contribution in [3.05, 3.63) is 51.3 Å². The zero-order chi connectivity index (χ0) is 14.0. The standard InChI is InChI=1S/C12H8BrClFN3O/c13-8-5-7(1-2-9(8)15)17-12(19)6-3-10(14)18-11(16)4-6/h1-5H,(H2,16,18)(H,17,19). The van der Waals surface area contributed by atoms with Gasteiger partial charge >= 0.3 is 0 Å². The third kappa shape index (κ3) is 3.42. The van der Waals surface area contributed by atoms with Crippen molar-refractivity contribution >= 4 is 44.9 Å². The highest BCUT2D eigenvalue weighted by molar-refractivity contribution is 9.10. The van der Waals surface area contributed by atoms with Gasteiger partial charge in [-0.1, -0.05) is 11.6 Å². The van der Waals surface area contributed by atoms with E-state index in [0.29, 0.717) is 5.69 Å². The fraction of sp³-hybridized carbons (Fsp3) is 0. The Bertz CT molecular complexity index is 631. The number of amides is 1. The molecule has 0 bridgehead atoms. The summed E-state index contributed by atoms with van der Waals surface area (Å²) in [4.78, 5) is 15.7. The van der Waals surface area contributed by atoms with E-state index in [-0.39, 0.29) is 21.0 Å². The van der Waals surface area contributed by atoms with Crippen molar-refractivity contribution in [2.24, 2.45) is 0 Å². The molecule has 2 rings (SSSR count). The minimum Gasteiger partial charge on any atom is -0.384 e. The number of hydrogen-bond donors (Lipinski definition) is 2. The number of halogens is 3. The molecular formula is C12H8BrClFN3O. The molecule has 4 nitrogen and oxygen atoms in total. The van der Waals surface area contributed by atoms with Gasteiger partial charge in [0.25, 0.3) is 5.91 Å². The molecule has 0 aliphatic rings. The van der Waals surface area contributed by atoms with Crippen LogP contribution in [0.25, 0.3) is 0 Å². The Kier molecular flexibility index (Phi) is 4.01. The Labute approximate surface area is 121 Å². The highest BCUT2D eigenvalue weighted by Gasteiger charge is 2.09. The van der Waals surface area contributed by atoms with Crippen LogP contribution in [0.4, 0.5) is 15.9 Å². The van der Waals surface area contributed by atoms with Crippen LogP contribution in [0.3, 0.4) is 0 Å². The molecule has 0 aliphatic carbocycles. The summed E-state index contributed by atoms with van der Waals surface area (Å²) in [6.45, 7) is 0. The Hall–Kier alpha value is -1.66. The Balaban J connectivity index is 2.22. The van der Waals surface area contributed by atoms with Crippen molar-refractivity contribution in [3.63, 3.8) is 0 Å². The van der Waals surface area contributed by atoms with Crippen LogP contribution in [0, 0.1) is 5.82 Å². The number of aromatic nitrogens is 1. The lowest BCUT2D eigenvalue weighted by Gasteiger charge is -2.07. The predicted octanol–water partition coefficient (Wildman–Crippen LogP) is 3.47. The van der Waals surface area contributed by atoms with Crippen molar-refractivity contribution in [2.75, 3.05) is 11.1 Å². The number of anilines is 2. The molecule has 0 atom stereocenters. The van der Waals surface area contributed by atoms with Crippen molar-refractivity contribution in [2.45, 2.75) is 0 Å². The molecule has 1 heterocycles. The average Bonchev–Trinajstić information content (AvgIpc) is 2.32. The monoisotopic (exact) mass is 343 g/mol. The summed E-state index contributed by atoms with van der Waals surface area (Å²) in [7, 11) is 0. The first-order chi connectivity index (χ1) is 8.95. The molecule has 0 spiro atoms. The summed E-state index contributed by atoms with van der Waals surface area (Å²) in [5, 5.41) is 2.73. The molecule has 7 heteroatoms. The first-order valence-electron chi connectivity index (χ1n) is 5.15. The molecule has 0 unspecified atom stereocenters. The van der Waals surface area contributed by atoms with Crippen molar-refractivity contribution in [1.29, 1.82) is 0 Å². The number of pyridine rings is 1. The van der Waals surface area contributed by atoms with E-state index in [1.807, 2.05) is 0 Å². The number of rotatable bonds is 2. The number of nitrogens with one attached hydrogen (secondary N) is 1. The Morgan fingerprint density at radius 1 is 1.37 bits per heavy atom. The smallest absolute Gasteiger partial charge is 0.255 e. The van der Waals surface area contributed by atoms with E-state index < -0.39 is 11.7 Å². The fourth-order valence-electron chi connectivity index (χ4n) is 1.43. The molecule has 0 radical (unpaired) electrons. The molecule has 1 aromatic heterocycles. The number of nitrogens with two attached hydrogens (primary N) is 1. The van der Waals surface area contributed by atoms with E-state index >= 15 is 0 Å². The lowest BCUT2D eigenvalue weighted by atomic mass is 10.2. The summed E-state index contributed by atoms with van der Waals surface area (Å²) in [6, 6.07) is 6.95. The van der Waals surface area contributed by atoms with Crippen LogP contribution in [0.5, 0.6) is 0 Å². The molecule has 0 saturated heterocycles. The van der Waals surface area contributed by atoms with E-state index in [4.69, 9.17) is 17.3 Å². The lowest BCUT2D eigenvalue weighted by Crippen LogP contribution is -2.12. The zero-order valence-corrected chi connectivity index (χ0v) is 11.8. The number of nitrogen functional groups attached to an aromatic ring is 1. The van der Waals surface area contributed by atoms with Crippen LogP contribution >= 0.6 is 27.5 Å². The van der Waals surface area contributed by atoms with Gasteiger partial charge in [-0.05, 0) is 46.3 Å². The number of benzene rings is 1. The Morgan fingerprint density at radius 2 is 2.11 bits per heavy atom. The number of carbonyl (C=O) groups is 1. The summed E-state index contributed by atoms with van der Waals surface area (Å²) >= 11 is 8.75. The molecular weight excluding hydrogens is 337 g/mol. The van der Waals surface area contributed by atoms with Crippen molar-refractivity contribution < 1.29 is 9.18 Å². The zero-order valence-electron chi connectivity index (χ0n) is 9.45. The molecule has 1 amide bonds. The van der Waals surface area contributed by atoms with Gasteiger partial charge in [0.15, 0.2) is 0 Å². The van der Waals surface area contributed by atoms with E-state index in [1.54, 1.807) is 0 Å². The Morgan fingerprint density at radius 3 is 2.74 bits per heavy atom.